The Bertz CT molecular complexity index is 774. The first kappa shape index (κ1) is 14.5. The van der Waals surface area contributed by atoms with Crippen LogP contribution in [-0.2, 0) is 11.2 Å². The van der Waals surface area contributed by atoms with Gasteiger partial charge in [-0.25, -0.2) is 9.36 Å². The van der Waals surface area contributed by atoms with E-state index in [-0.39, 0.29) is 11.3 Å². The average Bonchev–Trinajstić information content (AvgIpc) is 2.36. The lowest BCUT2D eigenvalue weighted by Gasteiger charge is -2.09. The summed E-state index contributed by atoms with van der Waals surface area (Å²) in [7, 11) is 0. The highest BCUT2D eigenvalue weighted by atomic mass is 127. The number of carbonyl (C=O) groups is 1. The van der Waals surface area contributed by atoms with Gasteiger partial charge in [-0.05, 0) is 53.8 Å². The van der Waals surface area contributed by atoms with Crippen LogP contribution in [-0.4, -0.2) is 20.6 Å². The van der Waals surface area contributed by atoms with E-state index in [9.17, 15) is 14.4 Å². The molecular formula is C13H11IN2O4. The molecular weight excluding hydrogens is 375 g/mol. The van der Waals surface area contributed by atoms with Crippen LogP contribution in [0.25, 0.3) is 5.69 Å². The van der Waals surface area contributed by atoms with Gasteiger partial charge in [0.1, 0.15) is 0 Å². The minimum Gasteiger partial charge on any atom is -0.481 e. The molecule has 2 aromatic rings. The highest BCUT2D eigenvalue weighted by Crippen LogP contribution is 2.09. The normalized spacial score (nSPS) is 10.5. The number of aliphatic carboxylic acids is 1. The van der Waals surface area contributed by atoms with Gasteiger partial charge in [-0.15, -0.1) is 0 Å². The molecule has 6 nitrogen and oxygen atoms in total. The summed E-state index contributed by atoms with van der Waals surface area (Å²) < 4.78 is 1.91. The molecule has 104 valence electrons. The molecule has 1 aromatic carbocycles. The summed E-state index contributed by atoms with van der Waals surface area (Å²) in [6.07, 6.45) is -0.425. The molecule has 0 bridgehead atoms. The van der Waals surface area contributed by atoms with Crippen molar-refractivity contribution in [1.29, 1.82) is 0 Å². The van der Waals surface area contributed by atoms with Gasteiger partial charge < -0.3 is 10.1 Å². The number of halogens is 1. The van der Waals surface area contributed by atoms with Gasteiger partial charge in [0, 0.05) is 14.8 Å². The minimum absolute atomic E-state index is 0.0793. The van der Waals surface area contributed by atoms with E-state index in [1.165, 1.54) is 6.92 Å². The first-order valence-corrected chi connectivity index (χ1v) is 6.80. The fourth-order valence-electron chi connectivity index (χ4n) is 1.86. The minimum atomic E-state index is -1.12. The Morgan fingerprint density at radius 1 is 1.30 bits per heavy atom. The highest BCUT2D eigenvalue weighted by molar-refractivity contribution is 14.1. The number of aryl methyl sites for hydroxylation is 1. The smallest absolute Gasteiger partial charge is 0.333 e. The molecule has 7 heteroatoms. The molecule has 0 radical (unpaired) electrons. The topological polar surface area (TPSA) is 92.2 Å². The van der Waals surface area contributed by atoms with E-state index >= 15 is 0 Å². The van der Waals surface area contributed by atoms with Gasteiger partial charge in [0.05, 0.1) is 12.1 Å². The van der Waals surface area contributed by atoms with Crippen molar-refractivity contribution in [3.05, 3.63) is 59.9 Å². The first-order chi connectivity index (χ1) is 9.40. The van der Waals surface area contributed by atoms with Crippen molar-refractivity contribution < 1.29 is 9.90 Å². The van der Waals surface area contributed by atoms with Crippen LogP contribution in [0.3, 0.4) is 0 Å². The Morgan fingerprint density at radius 3 is 2.45 bits per heavy atom. The number of carboxylic acid groups (broad SMARTS) is 1. The first-order valence-electron chi connectivity index (χ1n) is 5.72. The van der Waals surface area contributed by atoms with Gasteiger partial charge >= 0.3 is 11.7 Å². The molecule has 0 unspecified atom stereocenters. The molecule has 0 aliphatic carbocycles. The number of carboxylic acids is 1. The zero-order valence-electron chi connectivity index (χ0n) is 10.5. The van der Waals surface area contributed by atoms with Crippen LogP contribution in [0.15, 0.2) is 33.9 Å². The molecule has 0 amide bonds. The number of hydrogen-bond donors (Lipinski definition) is 2. The van der Waals surface area contributed by atoms with Crippen LogP contribution in [0, 0.1) is 10.5 Å². The number of hydrogen-bond acceptors (Lipinski definition) is 3. The van der Waals surface area contributed by atoms with Crippen molar-refractivity contribution >= 4 is 28.6 Å². The standard InChI is InChI=1S/C13H11IN2O4/c1-7-10(6-11(17)18)12(19)16(13(20)15-7)9-4-2-8(14)3-5-9/h2-5H,6H2,1H3,(H,15,20)(H,17,18). The van der Waals surface area contributed by atoms with E-state index in [1.54, 1.807) is 24.3 Å². The Labute approximate surface area is 127 Å². The van der Waals surface area contributed by atoms with Crippen LogP contribution < -0.4 is 11.2 Å². The molecule has 2 N–H and O–H groups in total. The maximum absolute atomic E-state index is 12.3. The summed E-state index contributed by atoms with van der Waals surface area (Å²) in [5.41, 5.74) is -0.416. The fourth-order valence-corrected chi connectivity index (χ4v) is 2.22. The second-order valence-corrected chi connectivity index (χ2v) is 5.47. The van der Waals surface area contributed by atoms with E-state index in [1.807, 2.05) is 0 Å². The van der Waals surface area contributed by atoms with Crippen LogP contribution in [0.5, 0.6) is 0 Å². The number of H-pyrrole nitrogens is 1. The van der Waals surface area contributed by atoms with Crippen molar-refractivity contribution in [3.63, 3.8) is 0 Å². The van der Waals surface area contributed by atoms with Crippen molar-refractivity contribution in [3.8, 4) is 5.69 Å². The lowest BCUT2D eigenvalue weighted by atomic mass is 10.1. The van der Waals surface area contributed by atoms with Gasteiger partial charge in [-0.1, -0.05) is 0 Å². The zero-order chi connectivity index (χ0) is 14.9. The molecule has 0 aliphatic rings. The van der Waals surface area contributed by atoms with Crippen LogP contribution in [0.2, 0.25) is 0 Å². The van der Waals surface area contributed by atoms with Gasteiger partial charge in [-0.2, -0.15) is 0 Å². The SMILES string of the molecule is Cc1[nH]c(=O)n(-c2ccc(I)cc2)c(=O)c1CC(=O)O. The summed E-state index contributed by atoms with van der Waals surface area (Å²) >= 11 is 2.11. The van der Waals surface area contributed by atoms with E-state index in [0.29, 0.717) is 5.69 Å². The number of aromatic amines is 1. The Hall–Kier alpha value is -1.90. The summed E-state index contributed by atoms with van der Waals surface area (Å²) in [5.74, 6) is -1.12. The van der Waals surface area contributed by atoms with E-state index in [4.69, 9.17) is 5.11 Å². The second kappa shape index (κ2) is 5.61. The molecule has 0 aliphatic heterocycles. The molecule has 0 fully saturated rings. The number of nitrogens with one attached hydrogen (secondary N) is 1. The Balaban J connectivity index is 2.70. The predicted octanol–water partition coefficient (Wildman–Crippen LogP) is 1.07. The molecule has 0 atom stereocenters. The van der Waals surface area contributed by atoms with Gasteiger partial charge in [0.15, 0.2) is 0 Å². The summed E-state index contributed by atoms with van der Waals surface area (Å²) in [6, 6.07) is 6.80. The lowest BCUT2D eigenvalue weighted by Crippen LogP contribution is -2.37. The predicted molar refractivity (Wildman–Crippen MR) is 81.5 cm³/mol. The highest BCUT2D eigenvalue weighted by Gasteiger charge is 2.15. The molecule has 20 heavy (non-hydrogen) atoms. The second-order valence-electron chi connectivity index (χ2n) is 4.22. The third kappa shape index (κ3) is 2.82. The molecule has 0 saturated carbocycles. The fraction of sp³-hybridized carbons (Fsp3) is 0.154. The maximum Gasteiger partial charge on any atom is 0.333 e. The third-order valence-corrected chi connectivity index (χ3v) is 3.54. The summed E-state index contributed by atoms with van der Waals surface area (Å²) in [5, 5.41) is 8.84. The van der Waals surface area contributed by atoms with Crippen LogP contribution in [0.4, 0.5) is 0 Å². The average molecular weight is 386 g/mol. The van der Waals surface area contributed by atoms with Gasteiger partial charge in [0.25, 0.3) is 5.56 Å². The van der Waals surface area contributed by atoms with Crippen molar-refractivity contribution in [2.45, 2.75) is 13.3 Å². The van der Waals surface area contributed by atoms with Crippen LogP contribution in [0.1, 0.15) is 11.3 Å². The Kier molecular flexibility index (Phi) is 4.07. The summed E-state index contributed by atoms with van der Waals surface area (Å²) in [4.78, 5) is 37.6. The summed E-state index contributed by atoms with van der Waals surface area (Å²) in [6.45, 7) is 1.51. The van der Waals surface area contributed by atoms with E-state index < -0.39 is 23.6 Å². The van der Waals surface area contributed by atoms with E-state index in [2.05, 4.69) is 27.6 Å². The van der Waals surface area contributed by atoms with Crippen molar-refractivity contribution in [2.24, 2.45) is 0 Å². The zero-order valence-corrected chi connectivity index (χ0v) is 12.7. The number of aromatic nitrogens is 2. The monoisotopic (exact) mass is 386 g/mol. The molecule has 0 spiro atoms. The molecule has 1 heterocycles. The van der Waals surface area contributed by atoms with Crippen LogP contribution >= 0.6 is 22.6 Å². The van der Waals surface area contributed by atoms with Gasteiger partial charge in [-0.3, -0.25) is 9.59 Å². The largest absolute Gasteiger partial charge is 0.481 e. The maximum atomic E-state index is 12.3. The quantitative estimate of drug-likeness (QED) is 0.772. The molecule has 2 rings (SSSR count). The lowest BCUT2D eigenvalue weighted by molar-refractivity contribution is -0.136. The number of benzene rings is 1. The van der Waals surface area contributed by atoms with Crippen molar-refractivity contribution in [1.82, 2.24) is 9.55 Å². The molecule has 0 saturated heterocycles. The number of rotatable bonds is 3. The Morgan fingerprint density at radius 2 is 1.90 bits per heavy atom. The molecule has 1 aromatic heterocycles. The van der Waals surface area contributed by atoms with Gasteiger partial charge in [0.2, 0.25) is 0 Å². The number of nitrogens with zero attached hydrogens (tertiary/aromatic N) is 1. The van der Waals surface area contributed by atoms with E-state index in [0.717, 1.165) is 8.14 Å². The van der Waals surface area contributed by atoms with Crippen molar-refractivity contribution in [2.75, 3.05) is 0 Å². The third-order valence-electron chi connectivity index (χ3n) is 2.82.